The highest BCUT2D eigenvalue weighted by molar-refractivity contribution is 7.23. The molecule has 0 aliphatic heterocycles. The van der Waals surface area contributed by atoms with Crippen molar-refractivity contribution < 1.29 is 14.3 Å². The lowest BCUT2D eigenvalue weighted by Gasteiger charge is -2.24. The number of ether oxygens (including phenoxy) is 2. The molecular formula is C27H28ClN3O3S. The van der Waals surface area contributed by atoms with Gasteiger partial charge in [-0.05, 0) is 61.6 Å². The first-order valence-electron chi connectivity index (χ1n) is 11.5. The lowest BCUT2D eigenvalue weighted by Crippen LogP contribution is -2.38. The van der Waals surface area contributed by atoms with E-state index in [-0.39, 0.29) is 5.91 Å². The SMILES string of the molecule is CCN(CC)CCN(C(=O)c1ccc(Oc2ccccc2)cc1)c1nc2c(OC)ccc(Cl)c2s1. The Labute approximate surface area is 214 Å². The molecule has 1 heterocycles. The summed E-state index contributed by atoms with van der Waals surface area (Å²) in [5.74, 6) is 1.91. The van der Waals surface area contributed by atoms with E-state index in [4.69, 9.17) is 26.1 Å². The summed E-state index contributed by atoms with van der Waals surface area (Å²) in [6.45, 7) is 7.28. The second-order valence-corrected chi connectivity index (χ2v) is 9.23. The molecule has 0 aliphatic rings. The fourth-order valence-electron chi connectivity index (χ4n) is 3.73. The highest BCUT2D eigenvalue weighted by Gasteiger charge is 2.24. The van der Waals surface area contributed by atoms with Gasteiger partial charge in [0.1, 0.15) is 22.8 Å². The Morgan fingerprint density at radius 2 is 1.63 bits per heavy atom. The molecule has 0 atom stereocenters. The Hall–Kier alpha value is -3.13. The molecular weight excluding hydrogens is 482 g/mol. The zero-order chi connectivity index (χ0) is 24.8. The number of likely N-dealkylation sites (N-methyl/N-ethyl adjacent to an activating group) is 1. The third-order valence-electron chi connectivity index (χ3n) is 5.76. The average Bonchev–Trinajstić information content (AvgIpc) is 3.34. The molecule has 0 radical (unpaired) electrons. The van der Waals surface area contributed by atoms with E-state index in [2.05, 4.69) is 18.7 Å². The van der Waals surface area contributed by atoms with Crippen molar-refractivity contribution in [2.45, 2.75) is 13.8 Å². The number of carbonyl (C=O) groups is 1. The predicted octanol–water partition coefficient (Wildman–Crippen LogP) is 6.74. The monoisotopic (exact) mass is 509 g/mol. The molecule has 4 rings (SSSR count). The Morgan fingerprint density at radius 3 is 2.29 bits per heavy atom. The van der Waals surface area contributed by atoms with Crippen LogP contribution < -0.4 is 14.4 Å². The maximum atomic E-state index is 13.7. The van der Waals surface area contributed by atoms with Crippen LogP contribution in [0.3, 0.4) is 0 Å². The first kappa shape index (κ1) is 25.0. The van der Waals surface area contributed by atoms with Gasteiger partial charge in [0.25, 0.3) is 5.91 Å². The third-order valence-corrected chi connectivity index (χ3v) is 7.30. The quantitative estimate of drug-likeness (QED) is 0.237. The van der Waals surface area contributed by atoms with Crippen molar-refractivity contribution in [3.63, 3.8) is 0 Å². The molecule has 1 aromatic heterocycles. The Balaban J connectivity index is 1.64. The smallest absolute Gasteiger partial charge is 0.260 e. The van der Waals surface area contributed by atoms with Gasteiger partial charge in [-0.1, -0.05) is 55.0 Å². The van der Waals surface area contributed by atoms with Crippen molar-refractivity contribution in [3.05, 3.63) is 77.3 Å². The molecule has 0 bridgehead atoms. The number of hydrogen-bond donors (Lipinski definition) is 0. The molecule has 0 spiro atoms. The Kier molecular flexibility index (Phi) is 8.23. The fourth-order valence-corrected chi connectivity index (χ4v) is 5.01. The summed E-state index contributed by atoms with van der Waals surface area (Å²) in [5, 5.41) is 1.18. The maximum absolute atomic E-state index is 13.7. The van der Waals surface area contributed by atoms with Gasteiger partial charge in [-0.25, -0.2) is 4.98 Å². The highest BCUT2D eigenvalue weighted by atomic mass is 35.5. The van der Waals surface area contributed by atoms with Crippen LogP contribution in [-0.4, -0.2) is 49.1 Å². The number of fused-ring (bicyclic) bond motifs is 1. The van der Waals surface area contributed by atoms with Crippen molar-refractivity contribution in [1.29, 1.82) is 0 Å². The highest BCUT2D eigenvalue weighted by Crippen LogP contribution is 2.39. The number of hydrogen-bond acceptors (Lipinski definition) is 6. The summed E-state index contributed by atoms with van der Waals surface area (Å²) in [4.78, 5) is 22.5. The summed E-state index contributed by atoms with van der Waals surface area (Å²) in [6.07, 6.45) is 0. The van der Waals surface area contributed by atoms with Gasteiger partial charge in [-0.2, -0.15) is 0 Å². The molecule has 0 unspecified atom stereocenters. The van der Waals surface area contributed by atoms with Crippen LogP contribution in [0.1, 0.15) is 24.2 Å². The Bertz CT molecular complexity index is 1270. The topological polar surface area (TPSA) is 54.9 Å². The van der Waals surface area contributed by atoms with E-state index in [1.807, 2.05) is 30.3 Å². The van der Waals surface area contributed by atoms with Gasteiger partial charge >= 0.3 is 0 Å². The lowest BCUT2D eigenvalue weighted by atomic mass is 10.2. The minimum Gasteiger partial charge on any atom is -0.494 e. The molecule has 0 saturated carbocycles. The molecule has 0 N–H and O–H groups in total. The molecule has 35 heavy (non-hydrogen) atoms. The first-order valence-corrected chi connectivity index (χ1v) is 12.7. The molecule has 4 aromatic rings. The molecule has 6 nitrogen and oxygen atoms in total. The van der Waals surface area contributed by atoms with Crippen LogP contribution in [0.5, 0.6) is 17.2 Å². The first-order chi connectivity index (χ1) is 17.0. The van der Waals surface area contributed by atoms with Crippen LogP contribution >= 0.6 is 22.9 Å². The molecule has 0 aliphatic carbocycles. The van der Waals surface area contributed by atoms with E-state index >= 15 is 0 Å². The standard InChI is InChI=1S/C27H28ClN3O3S/c1-4-30(5-2)17-18-31(27-29-24-23(33-3)16-15-22(28)25(24)35-27)26(32)19-11-13-21(14-12-19)34-20-9-7-6-8-10-20/h6-16H,4-5,17-18H2,1-3H3. The van der Waals surface area contributed by atoms with Crippen molar-refractivity contribution >= 4 is 44.2 Å². The number of carbonyl (C=O) groups excluding carboxylic acids is 1. The number of nitrogens with zero attached hydrogens (tertiary/aromatic N) is 3. The zero-order valence-electron chi connectivity index (χ0n) is 20.0. The molecule has 0 fully saturated rings. The number of halogens is 1. The van der Waals surface area contributed by atoms with E-state index < -0.39 is 0 Å². The van der Waals surface area contributed by atoms with Gasteiger partial charge < -0.3 is 14.4 Å². The van der Waals surface area contributed by atoms with Crippen LogP contribution in [0.25, 0.3) is 10.2 Å². The number of aromatic nitrogens is 1. The van der Waals surface area contributed by atoms with Crippen LogP contribution in [0.2, 0.25) is 5.02 Å². The number of thiazole rings is 1. The average molecular weight is 510 g/mol. The van der Waals surface area contributed by atoms with Gasteiger partial charge in [0.15, 0.2) is 5.13 Å². The summed E-state index contributed by atoms with van der Waals surface area (Å²) in [6, 6.07) is 20.3. The van der Waals surface area contributed by atoms with E-state index in [0.717, 1.165) is 30.1 Å². The normalized spacial score (nSPS) is 11.1. The number of para-hydroxylation sites is 1. The van der Waals surface area contributed by atoms with E-state index in [9.17, 15) is 4.79 Å². The second-order valence-electron chi connectivity index (χ2n) is 7.85. The number of benzene rings is 3. The third kappa shape index (κ3) is 5.75. The second kappa shape index (κ2) is 11.5. The van der Waals surface area contributed by atoms with Gasteiger partial charge in [-0.3, -0.25) is 9.69 Å². The zero-order valence-corrected chi connectivity index (χ0v) is 21.6. The van der Waals surface area contributed by atoms with Crippen LogP contribution in [-0.2, 0) is 0 Å². The van der Waals surface area contributed by atoms with Gasteiger partial charge in [0, 0.05) is 18.7 Å². The summed E-state index contributed by atoms with van der Waals surface area (Å²) in [5.41, 5.74) is 1.22. The molecule has 3 aromatic carbocycles. The van der Waals surface area contributed by atoms with Crippen LogP contribution in [0, 0.1) is 0 Å². The van der Waals surface area contributed by atoms with Crippen molar-refractivity contribution in [3.8, 4) is 17.2 Å². The lowest BCUT2D eigenvalue weighted by molar-refractivity contribution is 0.0983. The van der Waals surface area contributed by atoms with E-state index in [1.165, 1.54) is 11.3 Å². The minimum atomic E-state index is -0.127. The summed E-state index contributed by atoms with van der Waals surface area (Å²) in [7, 11) is 1.60. The number of amides is 1. The van der Waals surface area contributed by atoms with Crippen LogP contribution in [0.15, 0.2) is 66.7 Å². The fraction of sp³-hybridized carbons (Fsp3) is 0.259. The summed E-state index contributed by atoms with van der Waals surface area (Å²) < 4.78 is 12.1. The number of methoxy groups -OCH3 is 1. The number of rotatable bonds is 10. The molecule has 1 amide bonds. The number of anilines is 1. The van der Waals surface area contributed by atoms with Crippen molar-refractivity contribution in [2.24, 2.45) is 0 Å². The van der Waals surface area contributed by atoms with E-state index in [1.54, 1.807) is 48.4 Å². The molecule has 8 heteroatoms. The maximum Gasteiger partial charge on any atom is 0.260 e. The molecule has 182 valence electrons. The summed E-state index contributed by atoms with van der Waals surface area (Å²) >= 11 is 7.84. The van der Waals surface area contributed by atoms with Crippen molar-refractivity contribution in [2.75, 3.05) is 38.2 Å². The molecule has 0 saturated heterocycles. The minimum absolute atomic E-state index is 0.127. The Morgan fingerprint density at radius 1 is 0.943 bits per heavy atom. The predicted molar refractivity (Wildman–Crippen MR) is 144 cm³/mol. The van der Waals surface area contributed by atoms with Gasteiger partial charge in [-0.15, -0.1) is 0 Å². The van der Waals surface area contributed by atoms with Crippen molar-refractivity contribution in [1.82, 2.24) is 9.88 Å². The largest absolute Gasteiger partial charge is 0.494 e. The van der Waals surface area contributed by atoms with Gasteiger partial charge in [0.05, 0.1) is 16.8 Å². The van der Waals surface area contributed by atoms with E-state index in [0.29, 0.717) is 39.3 Å². The van der Waals surface area contributed by atoms with Crippen LogP contribution in [0.4, 0.5) is 5.13 Å². The van der Waals surface area contributed by atoms with Gasteiger partial charge in [0.2, 0.25) is 0 Å².